The molecule has 7 heteroatoms. The molecule has 2 heterocycles. The summed E-state index contributed by atoms with van der Waals surface area (Å²) in [7, 11) is 5.92. The van der Waals surface area contributed by atoms with Crippen LogP contribution in [-0.2, 0) is 19.4 Å². The van der Waals surface area contributed by atoms with Crippen LogP contribution in [0.2, 0.25) is 0 Å². The van der Waals surface area contributed by atoms with Crippen molar-refractivity contribution in [1.29, 1.82) is 0 Å². The van der Waals surface area contributed by atoms with Gasteiger partial charge in [-0.2, -0.15) is 5.10 Å². The highest BCUT2D eigenvalue weighted by molar-refractivity contribution is 7.10. The molecular formula is C19H29N5OS. The molecule has 0 saturated carbocycles. The molecule has 2 N–H and O–H groups in total. The number of likely N-dealkylation sites (N-methyl/N-ethyl adjacent to an activating group) is 1. The third-order valence-electron chi connectivity index (χ3n) is 5.07. The number of hydrogen-bond acceptors (Lipinski definition) is 4. The van der Waals surface area contributed by atoms with Crippen LogP contribution in [-0.4, -0.2) is 53.7 Å². The molecule has 0 spiro atoms. The first-order valence-corrected chi connectivity index (χ1v) is 10.2. The number of aryl methyl sites for hydroxylation is 1. The summed E-state index contributed by atoms with van der Waals surface area (Å²) in [6.45, 7) is 1.14. The molecule has 26 heavy (non-hydrogen) atoms. The molecule has 2 amide bonds. The minimum Gasteiger partial charge on any atom is -0.336 e. The van der Waals surface area contributed by atoms with E-state index < -0.39 is 0 Å². The van der Waals surface area contributed by atoms with Crippen LogP contribution in [0.1, 0.15) is 47.1 Å². The standard InChI is InChI=1S/C19H29N5OS/c1-23(2)17(18-10-7-11-26-18)12-20-19(25)24(3)13-16-14-8-5-4-6-9-15(14)21-22-16/h7,10-11,17H,4-6,8-9,12-13H2,1-3H3,(H,20,25)(H,21,22). The Bertz CT molecular complexity index is 710. The van der Waals surface area contributed by atoms with Crippen LogP contribution in [0.3, 0.4) is 0 Å². The van der Waals surface area contributed by atoms with Crippen LogP contribution in [0.5, 0.6) is 0 Å². The smallest absolute Gasteiger partial charge is 0.317 e. The predicted molar refractivity (Wildman–Crippen MR) is 105 cm³/mol. The minimum atomic E-state index is -0.0567. The predicted octanol–water partition coefficient (Wildman–Crippen LogP) is 3.18. The Morgan fingerprint density at radius 2 is 2.12 bits per heavy atom. The quantitative estimate of drug-likeness (QED) is 0.762. The van der Waals surface area contributed by atoms with Crippen LogP contribution in [0.25, 0.3) is 0 Å². The van der Waals surface area contributed by atoms with E-state index in [1.165, 1.54) is 35.4 Å². The van der Waals surface area contributed by atoms with Gasteiger partial charge in [0, 0.05) is 24.2 Å². The van der Waals surface area contributed by atoms with Crippen molar-refractivity contribution in [2.24, 2.45) is 0 Å². The largest absolute Gasteiger partial charge is 0.336 e. The Balaban J connectivity index is 1.57. The second-order valence-corrected chi connectivity index (χ2v) is 8.20. The van der Waals surface area contributed by atoms with E-state index in [2.05, 4.69) is 31.9 Å². The van der Waals surface area contributed by atoms with Gasteiger partial charge in [-0.15, -0.1) is 11.3 Å². The van der Waals surface area contributed by atoms with Gasteiger partial charge >= 0.3 is 6.03 Å². The van der Waals surface area contributed by atoms with Crippen molar-refractivity contribution in [3.63, 3.8) is 0 Å². The number of fused-ring (bicyclic) bond motifs is 1. The van der Waals surface area contributed by atoms with Crippen molar-refractivity contribution in [2.75, 3.05) is 27.7 Å². The summed E-state index contributed by atoms with van der Waals surface area (Å²) >= 11 is 1.72. The Morgan fingerprint density at radius 3 is 2.85 bits per heavy atom. The number of H-pyrrole nitrogens is 1. The van der Waals surface area contributed by atoms with Gasteiger partial charge in [-0.25, -0.2) is 4.79 Å². The number of hydrogen-bond donors (Lipinski definition) is 2. The first-order chi connectivity index (χ1) is 12.6. The van der Waals surface area contributed by atoms with Gasteiger partial charge in [-0.3, -0.25) is 5.10 Å². The van der Waals surface area contributed by atoms with Gasteiger partial charge in [0.2, 0.25) is 0 Å². The van der Waals surface area contributed by atoms with Crippen molar-refractivity contribution in [3.05, 3.63) is 39.3 Å². The first kappa shape index (κ1) is 18.9. The zero-order valence-electron chi connectivity index (χ0n) is 15.9. The summed E-state index contributed by atoms with van der Waals surface area (Å²) in [5.74, 6) is 0. The molecule has 3 rings (SSSR count). The number of nitrogens with zero attached hydrogens (tertiary/aromatic N) is 3. The normalized spacial score (nSPS) is 15.4. The molecule has 0 aliphatic heterocycles. The molecule has 0 saturated heterocycles. The van der Waals surface area contributed by atoms with Gasteiger partial charge in [-0.05, 0) is 56.8 Å². The second-order valence-electron chi connectivity index (χ2n) is 7.23. The third kappa shape index (κ3) is 4.45. The monoisotopic (exact) mass is 375 g/mol. The van der Waals surface area contributed by atoms with Crippen molar-refractivity contribution < 1.29 is 4.79 Å². The fraction of sp³-hybridized carbons (Fsp3) is 0.579. The van der Waals surface area contributed by atoms with Gasteiger partial charge in [0.25, 0.3) is 0 Å². The molecule has 0 aromatic carbocycles. The van der Waals surface area contributed by atoms with Crippen LogP contribution >= 0.6 is 11.3 Å². The Labute approximate surface area is 159 Å². The summed E-state index contributed by atoms with van der Waals surface area (Å²) in [4.78, 5) is 17.7. The lowest BCUT2D eigenvalue weighted by Gasteiger charge is -2.25. The molecule has 6 nitrogen and oxygen atoms in total. The van der Waals surface area contributed by atoms with Gasteiger partial charge in [-0.1, -0.05) is 12.5 Å². The third-order valence-corrected chi connectivity index (χ3v) is 6.04. The average molecular weight is 376 g/mol. The number of urea groups is 1. The maximum absolute atomic E-state index is 12.6. The van der Waals surface area contributed by atoms with Crippen LogP contribution < -0.4 is 5.32 Å². The van der Waals surface area contributed by atoms with Crippen LogP contribution in [0.4, 0.5) is 4.79 Å². The maximum Gasteiger partial charge on any atom is 0.317 e. The Kier molecular flexibility index (Phi) is 6.32. The van der Waals surface area contributed by atoms with Gasteiger partial charge in [0.05, 0.1) is 18.3 Å². The van der Waals surface area contributed by atoms with Crippen molar-refractivity contribution in [2.45, 2.75) is 44.7 Å². The van der Waals surface area contributed by atoms with Gasteiger partial charge in [0.1, 0.15) is 0 Å². The molecule has 0 fully saturated rings. The van der Waals surface area contributed by atoms with Crippen molar-refractivity contribution in [1.82, 2.24) is 25.3 Å². The molecule has 1 aliphatic carbocycles. The average Bonchev–Trinajstić information content (AvgIpc) is 3.20. The maximum atomic E-state index is 12.6. The number of nitrogens with one attached hydrogen (secondary N) is 2. The summed E-state index contributed by atoms with van der Waals surface area (Å²) in [6, 6.07) is 4.30. The highest BCUT2D eigenvalue weighted by Crippen LogP contribution is 2.23. The highest BCUT2D eigenvalue weighted by atomic mass is 32.1. The summed E-state index contributed by atoms with van der Waals surface area (Å²) in [5, 5.41) is 12.8. The van der Waals surface area contributed by atoms with E-state index in [0.29, 0.717) is 13.1 Å². The molecule has 2 aromatic heterocycles. The zero-order valence-corrected chi connectivity index (χ0v) is 16.7. The Morgan fingerprint density at radius 1 is 1.31 bits per heavy atom. The number of amides is 2. The first-order valence-electron chi connectivity index (χ1n) is 9.30. The zero-order chi connectivity index (χ0) is 18.5. The molecule has 1 unspecified atom stereocenters. The molecular weight excluding hydrogens is 346 g/mol. The van der Waals surface area contributed by atoms with Gasteiger partial charge in [0.15, 0.2) is 0 Å². The molecule has 1 atom stereocenters. The second kappa shape index (κ2) is 8.68. The van der Waals surface area contributed by atoms with E-state index in [1.807, 2.05) is 27.2 Å². The number of carbonyl (C=O) groups is 1. The van der Waals surface area contributed by atoms with E-state index in [0.717, 1.165) is 18.5 Å². The SMILES string of the molecule is CN(Cc1n[nH]c2c1CCCCC2)C(=O)NCC(c1cccs1)N(C)C. The number of carbonyl (C=O) groups excluding carboxylic acids is 1. The summed E-state index contributed by atoms with van der Waals surface area (Å²) in [6.07, 6.45) is 5.84. The molecule has 142 valence electrons. The van der Waals surface area contributed by atoms with Crippen molar-refractivity contribution >= 4 is 17.4 Å². The number of rotatable bonds is 6. The number of aromatic nitrogens is 2. The van der Waals surface area contributed by atoms with E-state index in [1.54, 1.807) is 16.2 Å². The molecule has 0 radical (unpaired) electrons. The Hall–Kier alpha value is -1.86. The lowest BCUT2D eigenvalue weighted by atomic mass is 10.1. The minimum absolute atomic E-state index is 0.0567. The lowest BCUT2D eigenvalue weighted by molar-refractivity contribution is 0.200. The molecule has 2 aromatic rings. The van der Waals surface area contributed by atoms with E-state index in [9.17, 15) is 4.79 Å². The van der Waals surface area contributed by atoms with Gasteiger partial charge < -0.3 is 15.1 Å². The molecule has 0 bridgehead atoms. The van der Waals surface area contributed by atoms with Crippen molar-refractivity contribution in [3.8, 4) is 0 Å². The summed E-state index contributed by atoms with van der Waals surface area (Å²) in [5.41, 5.74) is 3.60. The van der Waals surface area contributed by atoms with E-state index in [-0.39, 0.29) is 12.1 Å². The number of aromatic amines is 1. The number of thiophene rings is 1. The molecule has 1 aliphatic rings. The van der Waals surface area contributed by atoms with Crippen LogP contribution in [0.15, 0.2) is 17.5 Å². The van der Waals surface area contributed by atoms with E-state index >= 15 is 0 Å². The summed E-state index contributed by atoms with van der Waals surface area (Å²) < 4.78 is 0. The lowest BCUT2D eigenvalue weighted by Crippen LogP contribution is -2.41. The fourth-order valence-corrected chi connectivity index (χ4v) is 4.41. The topological polar surface area (TPSA) is 64.3 Å². The van der Waals surface area contributed by atoms with Crippen LogP contribution in [0, 0.1) is 0 Å². The van der Waals surface area contributed by atoms with E-state index in [4.69, 9.17) is 0 Å². The fourth-order valence-electron chi connectivity index (χ4n) is 3.49. The highest BCUT2D eigenvalue weighted by Gasteiger charge is 2.20.